The molecular formula is C23H18BrN3O. The molecule has 0 spiro atoms. The summed E-state index contributed by atoms with van der Waals surface area (Å²) in [6.07, 6.45) is 0. The van der Waals surface area contributed by atoms with E-state index in [0.29, 0.717) is 11.4 Å². The first-order chi connectivity index (χ1) is 13.6. The molecule has 0 aliphatic rings. The van der Waals surface area contributed by atoms with Gasteiger partial charge in [0.15, 0.2) is 5.69 Å². The first-order valence-electron chi connectivity index (χ1n) is 8.89. The van der Waals surface area contributed by atoms with Gasteiger partial charge in [0.1, 0.15) is 0 Å². The number of aromatic nitrogens is 2. The topological polar surface area (TPSA) is 46.9 Å². The lowest BCUT2D eigenvalue weighted by atomic mass is 10.1. The molecule has 0 saturated carbocycles. The Kier molecular flexibility index (Phi) is 5.08. The minimum absolute atomic E-state index is 0.249. The normalized spacial score (nSPS) is 10.6. The number of para-hydroxylation sites is 1. The molecule has 4 aromatic rings. The average Bonchev–Trinajstić information content (AvgIpc) is 3.15. The van der Waals surface area contributed by atoms with Gasteiger partial charge in [0, 0.05) is 15.7 Å². The second-order valence-corrected chi connectivity index (χ2v) is 7.41. The molecule has 0 aliphatic heterocycles. The van der Waals surface area contributed by atoms with E-state index >= 15 is 0 Å². The van der Waals surface area contributed by atoms with Crippen molar-refractivity contribution in [3.8, 4) is 16.9 Å². The van der Waals surface area contributed by atoms with Gasteiger partial charge in [-0.3, -0.25) is 4.79 Å². The van der Waals surface area contributed by atoms with E-state index in [9.17, 15) is 4.79 Å². The molecule has 4 nitrogen and oxygen atoms in total. The smallest absolute Gasteiger partial charge is 0.276 e. The largest absolute Gasteiger partial charge is 0.321 e. The monoisotopic (exact) mass is 431 g/mol. The predicted molar refractivity (Wildman–Crippen MR) is 116 cm³/mol. The number of carbonyl (C=O) groups is 1. The van der Waals surface area contributed by atoms with Crippen molar-refractivity contribution in [1.29, 1.82) is 0 Å². The molecule has 1 N–H and O–H groups in total. The third kappa shape index (κ3) is 3.89. The lowest BCUT2D eigenvalue weighted by Crippen LogP contribution is -2.13. The van der Waals surface area contributed by atoms with Crippen LogP contribution in [0.4, 0.5) is 5.69 Å². The summed E-state index contributed by atoms with van der Waals surface area (Å²) < 4.78 is 2.71. The van der Waals surface area contributed by atoms with Crippen molar-refractivity contribution in [2.45, 2.75) is 6.92 Å². The number of nitrogens with zero attached hydrogens (tertiary/aromatic N) is 2. The molecule has 0 unspecified atom stereocenters. The fraction of sp³-hybridized carbons (Fsp3) is 0.0435. The van der Waals surface area contributed by atoms with Gasteiger partial charge in [-0.05, 0) is 43.3 Å². The fourth-order valence-corrected chi connectivity index (χ4v) is 3.35. The van der Waals surface area contributed by atoms with E-state index < -0.39 is 0 Å². The number of benzene rings is 3. The third-order valence-corrected chi connectivity index (χ3v) is 4.87. The summed E-state index contributed by atoms with van der Waals surface area (Å²) >= 11 is 3.42. The van der Waals surface area contributed by atoms with E-state index in [0.717, 1.165) is 21.4 Å². The molecule has 0 radical (unpaired) electrons. The van der Waals surface area contributed by atoms with Gasteiger partial charge in [-0.2, -0.15) is 5.10 Å². The molecule has 0 aliphatic carbocycles. The Morgan fingerprint density at radius 3 is 2.39 bits per heavy atom. The maximum atomic E-state index is 12.8. The van der Waals surface area contributed by atoms with E-state index in [1.165, 1.54) is 5.56 Å². The van der Waals surface area contributed by atoms with Gasteiger partial charge >= 0.3 is 0 Å². The van der Waals surface area contributed by atoms with Gasteiger partial charge in [0.2, 0.25) is 0 Å². The highest BCUT2D eigenvalue weighted by Crippen LogP contribution is 2.25. The third-order valence-electron chi connectivity index (χ3n) is 4.37. The van der Waals surface area contributed by atoms with Crippen molar-refractivity contribution in [1.82, 2.24) is 9.78 Å². The van der Waals surface area contributed by atoms with Crippen LogP contribution in [0.2, 0.25) is 0 Å². The molecule has 0 saturated heterocycles. The van der Waals surface area contributed by atoms with E-state index in [1.54, 1.807) is 4.68 Å². The summed E-state index contributed by atoms with van der Waals surface area (Å²) in [4.78, 5) is 12.8. The number of rotatable bonds is 4. The van der Waals surface area contributed by atoms with Crippen LogP contribution < -0.4 is 5.32 Å². The van der Waals surface area contributed by atoms with E-state index in [4.69, 9.17) is 0 Å². The zero-order valence-corrected chi connectivity index (χ0v) is 16.8. The van der Waals surface area contributed by atoms with Crippen molar-refractivity contribution in [2.24, 2.45) is 0 Å². The van der Waals surface area contributed by atoms with Gasteiger partial charge in [-0.1, -0.05) is 70.0 Å². The highest BCUT2D eigenvalue weighted by Gasteiger charge is 2.17. The maximum absolute atomic E-state index is 12.8. The molecule has 4 rings (SSSR count). The number of hydrogen-bond acceptors (Lipinski definition) is 2. The summed E-state index contributed by atoms with van der Waals surface area (Å²) in [5, 5.41) is 7.50. The number of anilines is 1. The number of nitrogens with one attached hydrogen (secondary N) is 1. The van der Waals surface area contributed by atoms with Gasteiger partial charge in [-0.15, -0.1) is 0 Å². The molecular weight excluding hydrogens is 414 g/mol. The standard InChI is InChI=1S/C23H18BrN3O/c1-16-10-12-17(13-11-16)22-15-21(26-27(22)20-8-3-2-4-9-20)23(28)25-19-7-5-6-18(24)14-19/h2-15H,1H3,(H,25,28). The van der Waals surface area contributed by atoms with Crippen molar-refractivity contribution in [3.63, 3.8) is 0 Å². The fourth-order valence-electron chi connectivity index (χ4n) is 2.95. The van der Waals surface area contributed by atoms with Crippen LogP contribution in [-0.2, 0) is 0 Å². The second-order valence-electron chi connectivity index (χ2n) is 6.49. The summed E-state index contributed by atoms with van der Waals surface area (Å²) in [6, 6.07) is 27.3. The van der Waals surface area contributed by atoms with Crippen molar-refractivity contribution < 1.29 is 4.79 Å². The molecule has 1 heterocycles. The number of aryl methyl sites for hydroxylation is 1. The highest BCUT2D eigenvalue weighted by molar-refractivity contribution is 9.10. The van der Waals surface area contributed by atoms with Crippen LogP contribution in [0.25, 0.3) is 16.9 Å². The molecule has 138 valence electrons. The van der Waals surface area contributed by atoms with Crippen LogP contribution in [-0.4, -0.2) is 15.7 Å². The van der Waals surface area contributed by atoms with Crippen LogP contribution >= 0.6 is 15.9 Å². The molecule has 1 aromatic heterocycles. The van der Waals surface area contributed by atoms with Gasteiger partial charge in [-0.25, -0.2) is 4.68 Å². The Labute approximate surface area is 172 Å². The van der Waals surface area contributed by atoms with Gasteiger partial charge in [0.05, 0.1) is 11.4 Å². The van der Waals surface area contributed by atoms with E-state index in [1.807, 2.05) is 72.8 Å². The SMILES string of the molecule is Cc1ccc(-c2cc(C(=O)Nc3cccc(Br)c3)nn2-c2ccccc2)cc1. The van der Waals surface area contributed by atoms with Crippen LogP contribution in [0, 0.1) is 6.92 Å². The molecule has 0 bridgehead atoms. The summed E-state index contributed by atoms with van der Waals surface area (Å²) in [5.41, 5.74) is 5.03. The molecule has 5 heteroatoms. The lowest BCUT2D eigenvalue weighted by Gasteiger charge is -2.07. The van der Waals surface area contributed by atoms with Crippen molar-refractivity contribution in [2.75, 3.05) is 5.32 Å². The Balaban J connectivity index is 1.74. The summed E-state index contributed by atoms with van der Waals surface area (Å²) in [7, 11) is 0. The van der Waals surface area contributed by atoms with Gasteiger partial charge in [0.25, 0.3) is 5.91 Å². The second kappa shape index (κ2) is 7.82. The van der Waals surface area contributed by atoms with E-state index in [-0.39, 0.29) is 5.91 Å². The first-order valence-corrected chi connectivity index (χ1v) is 9.69. The average molecular weight is 432 g/mol. The Bertz CT molecular complexity index is 1120. The van der Waals surface area contributed by atoms with Crippen molar-refractivity contribution >= 4 is 27.5 Å². The molecule has 0 fully saturated rings. The zero-order valence-electron chi connectivity index (χ0n) is 15.3. The predicted octanol–water partition coefficient (Wildman–Crippen LogP) is 5.86. The summed E-state index contributed by atoms with van der Waals surface area (Å²) in [5.74, 6) is -0.249. The molecule has 3 aromatic carbocycles. The maximum Gasteiger partial charge on any atom is 0.276 e. The number of amides is 1. The number of carbonyl (C=O) groups excluding carboxylic acids is 1. The molecule has 0 atom stereocenters. The Morgan fingerprint density at radius 2 is 1.68 bits per heavy atom. The van der Waals surface area contributed by atoms with E-state index in [2.05, 4.69) is 45.4 Å². The number of hydrogen-bond donors (Lipinski definition) is 1. The quantitative estimate of drug-likeness (QED) is 0.439. The van der Waals surface area contributed by atoms with Crippen LogP contribution in [0.3, 0.4) is 0 Å². The number of halogens is 1. The zero-order chi connectivity index (χ0) is 19.5. The minimum Gasteiger partial charge on any atom is -0.321 e. The van der Waals surface area contributed by atoms with Crippen LogP contribution in [0.1, 0.15) is 16.1 Å². The van der Waals surface area contributed by atoms with Gasteiger partial charge < -0.3 is 5.32 Å². The highest BCUT2D eigenvalue weighted by atomic mass is 79.9. The minimum atomic E-state index is -0.249. The summed E-state index contributed by atoms with van der Waals surface area (Å²) in [6.45, 7) is 2.05. The molecule has 28 heavy (non-hydrogen) atoms. The van der Waals surface area contributed by atoms with Crippen LogP contribution in [0.5, 0.6) is 0 Å². The Morgan fingerprint density at radius 1 is 0.929 bits per heavy atom. The molecule has 1 amide bonds. The Hall–Kier alpha value is -3.18. The lowest BCUT2D eigenvalue weighted by molar-refractivity contribution is 0.102. The van der Waals surface area contributed by atoms with Crippen LogP contribution in [0.15, 0.2) is 89.4 Å². The van der Waals surface area contributed by atoms with Crippen molar-refractivity contribution in [3.05, 3.63) is 101 Å². The first kappa shape index (κ1) is 18.2.